The summed E-state index contributed by atoms with van der Waals surface area (Å²) in [6.07, 6.45) is 1.57. The zero-order valence-electron chi connectivity index (χ0n) is 11.3. The largest absolute Gasteiger partial charge is 0.460 e. The maximum atomic E-state index is 13.7. The van der Waals surface area contributed by atoms with Crippen LogP contribution >= 0.6 is 0 Å². The third-order valence-corrected chi connectivity index (χ3v) is 3.36. The van der Waals surface area contributed by atoms with Crippen LogP contribution in [0.5, 0.6) is 0 Å². The zero-order valence-corrected chi connectivity index (χ0v) is 11.3. The van der Waals surface area contributed by atoms with E-state index in [2.05, 4.69) is 0 Å². The van der Waals surface area contributed by atoms with Crippen molar-refractivity contribution in [3.63, 3.8) is 0 Å². The van der Waals surface area contributed by atoms with Crippen molar-refractivity contribution < 1.29 is 18.7 Å². The van der Waals surface area contributed by atoms with Crippen molar-refractivity contribution in [2.45, 2.75) is 38.4 Å². The van der Waals surface area contributed by atoms with Crippen LogP contribution in [0.2, 0.25) is 0 Å². The monoisotopic (exact) mass is 266 g/mol. The van der Waals surface area contributed by atoms with E-state index in [1.165, 1.54) is 13.2 Å². The molecule has 0 aliphatic heterocycles. The first kappa shape index (κ1) is 14.0. The van der Waals surface area contributed by atoms with E-state index >= 15 is 0 Å². The van der Waals surface area contributed by atoms with Gasteiger partial charge in [-0.1, -0.05) is 18.2 Å². The van der Waals surface area contributed by atoms with Gasteiger partial charge in [-0.05, 0) is 31.7 Å². The number of hydrogen-bond acceptors (Lipinski definition) is 3. The molecule has 2 atom stereocenters. The highest BCUT2D eigenvalue weighted by molar-refractivity contribution is 5.70. The minimum Gasteiger partial charge on any atom is -0.460 e. The molecule has 0 amide bonds. The van der Waals surface area contributed by atoms with Gasteiger partial charge in [-0.2, -0.15) is 0 Å². The molecular weight excluding hydrogens is 247 g/mol. The van der Waals surface area contributed by atoms with E-state index in [9.17, 15) is 9.18 Å². The summed E-state index contributed by atoms with van der Waals surface area (Å²) in [6, 6.07) is 6.38. The van der Waals surface area contributed by atoms with Crippen LogP contribution < -0.4 is 0 Å². The Morgan fingerprint density at radius 2 is 2.11 bits per heavy atom. The molecule has 1 aromatic carbocycles. The van der Waals surface area contributed by atoms with Gasteiger partial charge in [0.05, 0.1) is 0 Å². The Labute approximate surface area is 112 Å². The summed E-state index contributed by atoms with van der Waals surface area (Å²) in [5.41, 5.74) is 0.414. The Balaban J connectivity index is 1.99. The zero-order chi connectivity index (χ0) is 13.8. The van der Waals surface area contributed by atoms with E-state index in [1.54, 1.807) is 25.1 Å². The number of halogens is 1. The number of esters is 1. The molecule has 1 fully saturated rings. The Kier molecular flexibility index (Phi) is 4.53. The first-order chi connectivity index (χ1) is 9.11. The number of benzene rings is 1. The van der Waals surface area contributed by atoms with E-state index in [0.29, 0.717) is 17.9 Å². The lowest BCUT2D eigenvalue weighted by molar-refractivity contribution is -0.155. The van der Waals surface area contributed by atoms with E-state index in [1.807, 2.05) is 0 Å². The molecule has 0 bridgehead atoms. The van der Waals surface area contributed by atoms with Crippen LogP contribution in [-0.4, -0.2) is 19.2 Å². The fourth-order valence-electron chi connectivity index (χ4n) is 2.15. The van der Waals surface area contributed by atoms with Crippen LogP contribution in [0.15, 0.2) is 24.3 Å². The molecule has 4 heteroatoms. The lowest BCUT2D eigenvalue weighted by Crippen LogP contribution is -2.24. The van der Waals surface area contributed by atoms with Crippen LogP contribution in [0, 0.1) is 11.7 Å². The molecule has 19 heavy (non-hydrogen) atoms. The van der Waals surface area contributed by atoms with E-state index < -0.39 is 12.2 Å². The standard InChI is InChI=1S/C15H19FO3/c1-10(19-14(17)9-11-7-8-11)15(18-2)12-5-3-4-6-13(12)16/h3-6,10-11,15H,7-9H2,1-2H3/t10-,15+/m0/s1. The summed E-state index contributed by atoms with van der Waals surface area (Å²) < 4.78 is 24.3. The van der Waals surface area contributed by atoms with Crippen molar-refractivity contribution in [1.82, 2.24) is 0 Å². The number of hydrogen-bond donors (Lipinski definition) is 0. The second kappa shape index (κ2) is 6.15. The quantitative estimate of drug-likeness (QED) is 0.741. The highest BCUT2D eigenvalue weighted by Crippen LogP contribution is 2.33. The average molecular weight is 266 g/mol. The van der Waals surface area contributed by atoms with Crippen molar-refractivity contribution in [2.24, 2.45) is 5.92 Å². The molecule has 1 saturated carbocycles. The van der Waals surface area contributed by atoms with E-state index in [-0.39, 0.29) is 11.8 Å². The Hall–Kier alpha value is -1.42. The summed E-state index contributed by atoms with van der Waals surface area (Å²) in [5, 5.41) is 0. The van der Waals surface area contributed by atoms with Gasteiger partial charge in [0.25, 0.3) is 0 Å². The normalized spacial score (nSPS) is 17.8. The summed E-state index contributed by atoms with van der Waals surface area (Å²) in [7, 11) is 1.49. The first-order valence-electron chi connectivity index (χ1n) is 6.58. The van der Waals surface area contributed by atoms with Gasteiger partial charge in [-0.3, -0.25) is 4.79 Å². The van der Waals surface area contributed by atoms with Gasteiger partial charge in [0.15, 0.2) is 0 Å². The molecule has 0 N–H and O–H groups in total. The second-order valence-electron chi connectivity index (χ2n) is 5.02. The Morgan fingerprint density at radius 3 is 2.68 bits per heavy atom. The molecule has 0 radical (unpaired) electrons. The molecule has 0 aromatic heterocycles. The number of carbonyl (C=O) groups excluding carboxylic acids is 1. The van der Waals surface area contributed by atoms with Crippen molar-refractivity contribution in [3.05, 3.63) is 35.6 Å². The van der Waals surface area contributed by atoms with Gasteiger partial charge in [0.1, 0.15) is 18.0 Å². The highest BCUT2D eigenvalue weighted by Gasteiger charge is 2.29. The van der Waals surface area contributed by atoms with Crippen LogP contribution in [0.1, 0.15) is 37.9 Å². The molecule has 0 unspecified atom stereocenters. The minimum absolute atomic E-state index is 0.228. The van der Waals surface area contributed by atoms with Crippen LogP contribution in [0.25, 0.3) is 0 Å². The van der Waals surface area contributed by atoms with Gasteiger partial charge in [0, 0.05) is 19.1 Å². The van der Waals surface area contributed by atoms with Crippen molar-refractivity contribution in [1.29, 1.82) is 0 Å². The topological polar surface area (TPSA) is 35.5 Å². The Morgan fingerprint density at radius 1 is 1.42 bits per heavy atom. The second-order valence-corrected chi connectivity index (χ2v) is 5.02. The van der Waals surface area contributed by atoms with Gasteiger partial charge in [0.2, 0.25) is 0 Å². The maximum Gasteiger partial charge on any atom is 0.306 e. The van der Waals surface area contributed by atoms with Crippen LogP contribution in [-0.2, 0) is 14.3 Å². The number of carbonyl (C=O) groups is 1. The van der Waals surface area contributed by atoms with Crippen molar-refractivity contribution >= 4 is 5.97 Å². The van der Waals surface area contributed by atoms with Crippen LogP contribution in [0.3, 0.4) is 0 Å². The fourth-order valence-corrected chi connectivity index (χ4v) is 2.15. The lowest BCUT2D eigenvalue weighted by atomic mass is 10.0. The van der Waals surface area contributed by atoms with Crippen molar-refractivity contribution in [3.8, 4) is 0 Å². The Bertz CT molecular complexity index is 443. The first-order valence-corrected chi connectivity index (χ1v) is 6.58. The lowest BCUT2D eigenvalue weighted by Gasteiger charge is -2.23. The molecule has 0 saturated heterocycles. The smallest absolute Gasteiger partial charge is 0.306 e. The van der Waals surface area contributed by atoms with Gasteiger partial charge < -0.3 is 9.47 Å². The molecule has 2 rings (SSSR count). The SMILES string of the molecule is CO[C@@H](c1ccccc1F)[C@H](C)OC(=O)CC1CC1. The molecule has 0 heterocycles. The molecule has 0 spiro atoms. The maximum absolute atomic E-state index is 13.7. The minimum atomic E-state index is -0.579. The number of rotatable bonds is 6. The van der Waals surface area contributed by atoms with Gasteiger partial charge in [-0.25, -0.2) is 4.39 Å². The summed E-state index contributed by atoms with van der Waals surface area (Å²) in [6.45, 7) is 1.73. The third-order valence-electron chi connectivity index (χ3n) is 3.36. The molecule has 1 aliphatic rings. The molecule has 3 nitrogen and oxygen atoms in total. The number of methoxy groups -OCH3 is 1. The summed E-state index contributed by atoms with van der Waals surface area (Å²) >= 11 is 0. The molecule has 104 valence electrons. The summed E-state index contributed by atoms with van der Waals surface area (Å²) in [4.78, 5) is 11.7. The van der Waals surface area contributed by atoms with Gasteiger partial charge in [-0.15, -0.1) is 0 Å². The van der Waals surface area contributed by atoms with E-state index in [0.717, 1.165) is 12.8 Å². The summed E-state index contributed by atoms with van der Waals surface area (Å²) in [5.74, 6) is -0.0954. The molecular formula is C15H19FO3. The highest BCUT2D eigenvalue weighted by atomic mass is 19.1. The molecule has 1 aliphatic carbocycles. The van der Waals surface area contributed by atoms with Crippen molar-refractivity contribution in [2.75, 3.05) is 7.11 Å². The average Bonchev–Trinajstić information content (AvgIpc) is 3.16. The third kappa shape index (κ3) is 3.77. The number of ether oxygens (including phenoxy) is 2. The van der Waals surface area contributed by atoms with Gasteiger partial charge >= 0.3 is 5.97 Å². The predicted octanol–water partition coefficient (Wildman–Crippen LogP) is 3.25. The fraction of sp³-hybridized carbons (Fsp3) is 0.533. The predicted molar refractivity (Wildman–Crippen MR) is 69.0 cm³/mol. The van der Waals surface area contributed by atoms with E-state index in [4.69, 9.17) is 9.47 Å². The van der Waals surface area contributed by atoms with Crippen LogP contribution in [0.4, 0.5) is 4.39 Å². The molecule has 1 aromatic rings.